The predicted octanol–water partition coefficient (Wildman–Crippen LogP) is 2.58. The molecule has 78 valence electrons. The van der Waals surface area contributed by atoms with Crippen LogP contribution in [0.25, 0.3) is 0 Å². The van der Waals surface area contributed by atoms with Crippen molar-refractivity contribution in [2.75, 3.05) is 0 Å². The zero-order valence-corrected chi connectivity index (χ0v) is 10.2. The number of pyridine rings is 1. The lowest BCUT2D eigenvalue weighted by Gasteiger charge is -2.07. The van der Waals surface area contributed by atoms with Gasteiger partial charge in [0.05, 0.1) is 10.7 Å². The minimum atomic E-state index is -0.579. The Kier molecular flexibility index (Phi) is 3.45. The molecule has 0 aliphatic heterocycles. The molecule has 5 heteroatoms. The first kappa shape index (κ1) is 10.7. The summed E-state index contributed by atoms with van der Waals surface area (Å²) in [5.74, 6) is 0. The molecule has 2 rings (SSSR count). The minimum absolute atomic E-state index is 0.520. The molecule has 2 heterocycles. The number of nitrogens with zero attached hydrogens (tertiary/aromatic N) is 2. The Morgan fingerprint density at radius 1 is 1.40 bits per heavy atom. The lowest BCUT2D eigenvalue weighted by atomic mass is 10.2. The Hall–Kier alpha value is -0.780. The van der Waals surface area contributed by atoms with E-state index in [9.17, 15) is 5.11 Å². The van der Waals surface area contributed by atoms with Crippen molar-refractivity contribution in [1.29, 1.82) is 0 Å². The summed E-state index contributed by atoms with van der Waals surface area (Å²) < 4.78 is 0.910. The van der Waals surface area contributed by atoms with Crippen LogP contribution >= 0.6 is 27.3 Å². The monoisotopic (exact) mass is 284 g/mol. The van der Waals surface area contributed by atoms with Crippen LogP contribution in [0, 0.1) is 0 Å². The average Bonchev–Trinajstić information content (AvgIpc) is 2.71. The normalized spacial score (nSPS) is 12.7. The maximum absolute atomic E-state index is 9.87. The van der Waals surface area contributed by atoms with Crippen LogP contribution in [0.15, 0.2) is 34.4 Å². The molecular weight excluding hydrogens is 276 g/mol. The quantitative estimate of drug-likeness (QED) is 0.942. The summed E-state index contributed by atoms with van der Waals surface area (Å²) in [6.07, 6.45) is 3.36. The van der Waals surface area contributed by atoms with Crippen LogP contribution in [0.3, 0.4) is 0 Å². The highest BCUT2D eigenvalue weighted by molar-refractivity contribution is 9.10. The Morgan fingerprint density at radius 2 is 2.27 bits per heavy atom. The third-order valence-corrected chi connectivity index (χ3v) is 3.21. The van der Waals surface area contributed by atoms with Gasteiger partial charge in [0.15, 0.2) is 0 Å². The molecule has 0 saturated heterocycles. The molecular formula is C10H9BrN2OS. The van der Waals surface area contributed by atoms with Gasteiger partial charge in [-0.2, -0.15) is 0 Å². The van der Waals surface area contributed by atoms with Gasteiger partial charge in [-0.25, -0.2) is 4.98 Å². The molecule has 1 unspecified atom stereocenters. The van der Waals surface area contributed by atoms with E-state index in [-0.39, 0.29) is 0 Å². The van der Waals surface area contributed by atoms with Gasteiger partial charge in [0, 0.05) is 28.7 Å². The van der Waals surface area contributed by atoms with Gasteiger partial charge < -0.3 is 5.11 Å². The van der Waals surface area contributed by atoms with E-state index in [2.05, 4.69) is 25.9 Å². The summed E-state index contributed by atoms with van der Waals surface area (Å²) in [5, 5.41) is 12.7. The van der Waals surface area contributed by atoms with E-state index < -0.39 is 6.10 Å². The van der Waals surface area contributed by atoms with Crippen molar-refractivity contribution >= 4 is 27.3 Å². The summed E-state index contributed by atoms with van der Waals surface area (Å²) in [7, 11) is 0. The number of aromatic nitrogens is 2. The molecule has 0 fully saturated rings. The summed E-state index contributed by atoms with van der Waals surface area (Å²) in [6, 6.07) is 3.68. The molecule has 3 nitrogen and oxygen atoms in total. The Morgan fingerprint density at radius 3 is 2.87 bits per heavy atom. The van der Waals surface area contributed by atoms with Crippen molar-refractivity contribution in [2.45, 2.75) is 12.5 Å². The second kappa shape index (κ2) is 4.83. The second-order valence-electron chi connectivity index (χ2n) is 3.05. The summed E-state index contributed by atoms with van der Waals surface area (Å²) >= 11 is 4.84. The molecule has 15 heavy (non-hydrogen) atoms. The van der Waals surface area contributed by atoms with E-state index in [1.807, 2.05) is 17.5 Å². The number of thiazole rings is 1. The molecule has 0 saturated carbocycles. The van der Waals surface area contributed by atoms with Gasteiger partial charge in [-0.3, -0.25) is 4.98 Å². The molecule has 2 aromatic rings. The highest BCUT2D eigenvalue weighted by Crippen LogP contribution is 2.19. The highest BCUT2D eigenvalue weighted by atomic mass is 79.9. The minimum Gasteiger partial charge on any atom is -0.386 e. The zero-order chi connectivity index (χ0) is 10.7. The Labute approximate surface area is 100.0 Å². The number of hydrogen-bond acceptors (Lipinski definition) is 4. The summed E-state index contributed by atoms with van der Waals surface area (Å²) in [6.45, 7) is 0. The summed E-state index contributed by atoms with van der Waals surface area (Å²) in [4.78, 5) is 8.26. The molecule has 2 aromatic heterocycles. The fourth-order valence-corrected chi connectivity index (χ4v) is 2.10. The maximum atomic E-state index is 9.87. The Balaban J connectivity index is 2.08. The number of halogens is 1. The molecule has 0 aromatic carbocycles. The first-order chi connectivity index (χ1) is 7.25. The van der Waals surface area contributed by atoms with Gasteiger partial charge in [-0.1, -0.05) is 0 Å². The van der Waals surface area contributed by atoms with Gasteiger partial charge in [0.2, 0.25) is 0 Å². The Bertz CT molecular complexity index is 415. The molecule has 0 aliphatic carbocycles. The van der Waals surface area contributed by atoms with Crippen molar-refractivity contribution in [3.63, 3.8) is 0 Å². The van der Waals surface area contributed by atoms with Crippen molar-refractivity contribution in [3.8, 4) is 0 Å². The van der Waals surface area contributed by atoms with Crippen molar-refractivity contribution in [3.05, 3.63) is 45.1 Å². The van der Waals surface area contributed by atoms with Crippen LogP contribution in [0.2, 0.25) is 0 Å². The topological polar surface area (TPSA) is 46.0 Å². The van der Waals surface area contributed by atoms with Crippen LogP contribution in [0.5, 0.6) is 0 Å². The van der Waals surface area contributed by atoms with Crippen molar-refractivity contribution < 1.29 is 5.11 Å². The fraction of sp³-hybridized carbons (Fsp3) is 0.200. The number of aliphatic hydroxyl groups excluding tert-OH is 1. The van der Waals surface area contributed by atoms with E-state index >= 15 is 0 Å². The van der Waals surface area contributed by atoms with Gasteiger partial charge in [-0.05, 0) is 28.1 Å². The highest BCUT2D eigenvalue weighted by Gasteiger charge is 2.11. The molecule has 0 aliphatic rings. The zero-order valence-electron chi connectivity index (χ0n) is 7.80. The van der Waals surface area contributed by atoms with Gasteiger partial charge in [0.1, 0.15) is 6.10 Å². The average molecular weight is 285 g/mol. The van der Waals surface area contributed by atoms with Crippen molar-refractivity contribution in [2.24, 2.45) is 0 Å². The molecule has 1 atom stereocenters. The van der Waals surface area contributed by atoms with E-state index in [0.717, 1.165) is 9.48 Å². The van der Waals surface area contributed by atoms with E-state index in [1.165, 1.54) is 0 Å². The van der Waals surface area contributed by atoms with Gasteiger partial charge >= 0.3 is 0 Å². The number of rotatable bonds is 3. The number of hydrogen-bond donors (Lipinski definition) is 1. The van der Waals surface area contributed by atoms with Crippen molar-refractivity contribution in [1.82, 2.24) is 9.97 Å². The van der Waals surface area contributed by atoms with Gasteiger partial charge in [-0.15, -0.1) is 11.3 Å². The SMILES string of the molecule is OC(Cc1nccs1)c1ccc(Br)cn1. The third-order valence-electron chi connectivity index (χ3n) is 1.94. The lowest BCUT2D eigenvalue weighted by Crippen LogP contribution is -2.03. The molecule has 0 amide bonds. The largest absolute Gasteiger partial charge is 0.386 e. The molecule has 0 spiro atoms. The molecule has 0 radical (unpaired) electrons. The van der Waals surface area contributed by atoms with E-state index in [0.29, 0.717) is 12.1 Å². The van der Waals surface area contributed by atoms with E-state index in [4.69, 9.17) is 0 Å². The van der Waals surface area contributed by atoms with Crippen LogP contribution in [0.4, 0.5) is 0 Å². The number of aliphatic hydroxyl groups is 1. The summed E-state index contributed by atoms with van der Waals surface area (Å²) in [5.41, 5.74) is 0.674. The maximum Gasteiger partial charge on any atom is 0.102 e. The smallest absolute Gasteiger partial charge is 0.102 e. The fourth-order valence-electron chi connectivity index (χ4n) is 1.21. The molecule has 0 bridgehead atoms. The van der Waals surface area contributed by atoms with Crippen LogP contribution in [0.1, 0.15) is 16.8 Å². The predicted molar refractivity (Wildman–Crippen MR) is 62.7 cm³/mol. The van der Waals surface area contributed by atoms with Crippen LogP contribution in [-0.4, -0.2) is 15.1 Å². The first-order valence-corrected chi connectivity index (χ1v) is 6.11. The second-order valence-corrected chi connectivity index (χ2v) is 4.94. The van der Waals surface area contributed by atoms with Crippen LogP contribution < -0.4 is 0 Å². The lowest BCUT2D eigenvalue weighted by molar-refractivity contribution is 0.173. The first-order valence-electron chi connectivity index (χ1n) is 4.43. The van der Waals surface area contributed by atoms with Crippen LogP contribution in [-0.2, 0) is 6.42 Å². The molecule has 1 N–H and O–H groups in total. The standard InChI is InChI=1S/C10H9BrN2OS/c11-7-1-2-8(13-6-7)9(14)5-10-12-3-4-15-10/h1-4,6,9,14H,5H2. The van der Waals surface area contributed by atoms with E-state index in [1.54, 1.807) is 23.7 Å². The van der Waals surface area contributed by atoms with Gasteiger partial charge in [0.25, 0.3) is 0 Å². The third kappa shape index (κ3) is 2.84.